The molecule has 4 aliphatic rings. The van der Waals surface area contributed by atoms with Gasteiger partial charge in [-0.05, 0) is 121 Å². The lowest BCUT2D eigenvalue weighted by Crippen LogP contribution is -2.54. The molecule has 9 atom stereocenters. The Kier molecular flexibility index (Phi) is 9.15. The number of carbonyl (C=O) groups is 1. The number of ether oxygens (including phenoxy) is 1. The fourth-order valence-corrected chi connectivity index (χ4v) is 10.4. The SMILES string of the molecule is CC(C)CCC[C@H](C)[C@H]1CC[C@H]2[C@@H]3C(C#Cc4ccccc4)=C[C@@H]4C[C@@H](OC(=O)c5ccccc5)CC[C@]4(C)[C@H]3CC[C@]12C. The van der Waals surface area contributed by atoms with Crippen molar-refractivity contribution in [2.24, 2.45) is 52.3 Å². The van der Waals surface area contributed by atoms with Gasteiger partial charge in [0.25, 0.3) is 0 Å². The van der Waals surface area contributed by atoms with Crippen molar-refractivity contribution in [3.05, 3.63) is 83.4 Å². The van der Waals surface area contributed by atoms with Crippen LogP contribution in [0.1, 0.15) is 115 Å². The summed E-state index contributed by atoms with van der Waals surface area (Å²) < 4.78 is 6.14. The molecule has 0 saturated heterocycles. The molecule has 2 heteroatoms. The molecule has 234 valence electrons. The lowest BCUT2D eigenvalue weighted by atomic mass is 9.44. The molecule has 0 aliphatic heterocycles. The predicted octanol–water partition coefficient (Wildman–Crippen LogP) is 10.5. The molecule has 0 amide bonds. The molecular weight excluding hydrogens is 536 g/mol. The maximum atomic E-state index is 13.0. The van der Waals surface area contributed by atoms with Gasteiger partial charge in [0, 0.05) is 11.1 Å². The third kappa shape index (κ3) is 6.06. The van der Waals surface area contributed by atoms with Gasteiger partial charge in [0.15, 0.2) is 0 Å². The molecule has 0 heterocycles. The lowest BCUT2D eigenvalue weighted by molar-refractivity contribution is -0.0869. The molecule has 2 aromatic carbocycles. The Morgan fingerprint density at radius 2 is 1.52 bits per heavy atom. The van der Waals surface area contributed by atoms with Crippen molar-refractivity contribution in [2.75, 3.05) is 0 Å². The number of fused-ring (bicyclic) bond motifs is 5. The van der Waals surface area contributed by atoms with Crippen molar-refractivity contribution in [2.45, 2.75) is 105 Å². The van der Waals surface area contributed by atoms with Crippen molar-refractivity contribution in [3.8, 4) is 11.8 Å². The molecule has 2 nitrogen and oxygen atoms in total. The Hall–Kier alpha value is -2.79. The van der Waals surface area contributed by atoms with E-state index in [0.717, 1.165) is 42.6 Å². The van der Waals surface area contributed by atoms with Crippen LogP contribution in [0, 0.1) is 64.1 Å². The van der Waals surface area contributed by atoms with Crippen LogP contribution in [0.3, 0.4) is 0 Å². The van der Waals surface area contributed by atoms with E-state index in [0.29, 0.717) is 34.7 Å². The number of rotatable bonds is 7. The summed E-state index contributed by atoms with van der Waals surface area (Å²) in [5.41, 5.74) is 3.77. The standard InChI is InChI=1S/C42H54O2/c1-29(2)13-12-14-30(3)36-21-22-37-39-33(20-19-31-15-8-6-9-16-31)27-34-28-35(44-40(43)32-17-10-7-11-18-32)23-25-41(34,4)38(39)24-26-42(36,37)5/h6-11,15-18,27,29-30,34-39H,12-14,21-26,28H2,1-5H3/t30-,34+,35-,36+,37-,38-,39-,41-,42+/m0/s1. The normalized spacial score (nSPS) is 34.9. The first-order chi connectivity index (χ1) is 21.2. The molecular formula is C42H54O2. The molecule has 0 unspecified atom stereocenters. The van der Waals surface area contributed by atoms with Gasteiger partial charge in [-0.15, -0.1) is 0 Å². The zero-order valence-electron chi connectivity index (χ0n) is 27.9. The molecule has 4 aliphatic carbocycles. The third-order valence-corrected chi connectivity index (χ3v) is 12.8. The van der Waals surface area contributed by atoms with E-state index < -0.39 is 0 Å². The van der Waals surface area contributed by atoms with Gasteiger partial charge >= 0.3 is 5.97 Å². The highest BCUT2D eigenvalue weighted by Crippen LogP contribution is 2.68. The van der Waals surface area contributed by atoms with Crippen LogP contribution in [0.5, 0.6) is 0 Å². The first kappa shape index (κ1) is 31.2. The van der Waals surface area contributed by atoms with Crippen LogP contribution in [0.4, 0.5) is 0 Å². The van der Waals surface area contributed by atoms with E-state index >= 15 is 0 Å². The highest BCUT2D eigenvalue weighted by Gasteiger charge is 2.61. The van der Waals surface area contributed by atoms with Crippen molar-refractivity contribution in [1.29, 1.82) is 0 Å². The first-order valence-corrected chi connectivity index (χ1v) is 17.7. The van der Waals surface area contributed by atoms with Crippen LogP contribution in [0.15, 0.2) is 72.3 Å². The zero-order valence-corrected chi connectivity index (χ0v) is 27.9. The molecule has 3 saturated carbocycles. The number of esters is 1. The first-order valence-electron chi connectivity index (χ1n) is 17.7. The highest BCUT2D eigenvalue weighted by molar-refractivity contribution is 5.89. The largest absolute Gasteiger partial charge is 0.459 e. The molecule has 44 heavy (non-hydrogen) atoms. The maximum Gasteiger partial charge on any atom is 0.338 e. The summed E-state index contributed by atoms with van der Waals surface area (Å²) in [6.07, 6.45) is 15.0. The number of hydrogen-bond donors (Lipinski definition) is 0. The fraction of sp³-hybridized carbons (Fsp3) is 0.595. The Morgan fingerprint density at radius 1 is 0.841 bits per heavy atom. The second-order valence-electron chi connectivity index (χ2n) is 15.8. The molecule has 0 bridgehead atoms. The van der Waals surface area contributed by atoms with Gasteiger partial charge in [0.2, 0.25) is 0 Å². The molecule has 0 N–H and O–H groups in total. The van der Waals surface area contributed by atoms with E-state index in [1.54, 1.807) is 0 Å². The maximum absolute atomic E-state index is 13.0. The minimum Gasteiger partial charge on any atom is -0.459 e. The number of benzene rings is 2. The summed E-state index contributed by atoms with van der Waals surface area (Å²) in [5.74, 6) is 11.9. The van der Waals surface area contributed by atoms with Crippen molar-refractivity contribution >= 4 is 5.97 Å². The van der Waals surface area contributed by atoms with E-state index in [-0.39, 0.29) is 17.5 Å². The second-order valence-corrected chi connectivity index (χ2v) is 15.8. The molecule has 3 fully saturated rings. The van der Waals surface area contributed by atoms with Crippen molar-refractivity contribution in [3.63, 3.8) is 0 Å². The Labute approximate surface area is 267 Å². The van der Waals surface area contributed by atoms with Crippen LogP contribution >= 0.6 is 0 Å². The van der Waals surface area contributed by atoms with E-state index in [1.165, 1.54) is 50.5 Å². The van der Waals surface area contributed by atoms with Gasteiger partial charge < -0.3 is 4.74 Å². The van der Waals surface area contributed by atoms with Crippen molar-refractivity contribution in [1.82, 2.24) is 0 Å². The average molecular weight is 591 g/mol. The van der Waals surface area contributed by atoms with E-state index in [2.05, 4.69) is 82.9 Å². The smallest absolute Gasteiger partial charge is 0.338 e. The van der Waals surface area contributed by atoms with E-state index in [1.807, 2.05) is 30.3 Å². The quantitative estimate of drug-likeness (QED) is 0.237. The second kappa shape index (κ2) is 12.9. The summed E-state index contributed by atoms with van der Waals surface area (Å²) >= 11 is 0. The van der Waals surface area contributed by atoms with E-state index in [9.17, 15) is 4.79 Å². The van der Waals surface area contributed by atoms with Crippen LogP contribution < -0.4 is 0 Å². The number of carbonyl (C=O) groups excluding carboxylic acids is 1. The van der Waals surface area contributed by atoms with Gasteiger partial charge in [0.05, 0.1) is 5.56 Å². The third-order valence-electron chi connectivity index (χ3n) is 12.8. The summed E-state index contributed by atoms with van der Waals surface area (Å²) in [7, 11) is 0. The number of hydrogen-bond acceptors (Lipinski definition) is 2. The van der Waals surface area contributed by atoms with Gasteiger partial charge in [-0.3, -0.25) is 0 Å². The molecule has 6 rings (SSSR count). The fourth-order valence-electron chi connectivity index (χ4n) is 10.4. The monoisotopic (exact) mass is 590 g/mol. The zero-order chi connectivity index (χ0) is 30.9. The highest BCUT2D eigenvalue weighted by atomic mass is 16.5. The summed E-state index contributed by atoms with van der Waals surface area (Å²) in [4.78, 5) is 13.0. The summed E-state index contributed by atoms with van der Waals surface area (Å²) in [6.45, 7) is 12.5. The average Bonchev–Trinajstić information content (AvgIpc) is 3.38. The number of allylic oxidation sites excluding steroid dienone is 2. The van der Waals surface area contributed by atoms with Gasteiger partial charge in [-0.25, -0.2) is 4.79 Å². The minimum atomic E-state index is -0.186. The van der Waals surface area contributed by atoms with Crippen LogP contribution in [0.2, 0.25) is 0 Å². The van der Waals surface area contributed by atoms with Gasteiger partial charge in [-0.2, -0.15) is 0 Å². The molecule has 0 spiro atoms. The van der Waals surface area contributed by atoms with Gasteiger partial charge in [-0.1, -0.05) is 108 Å². The van der Waals surface area contributed by atoms with Crippen LogP contribution in [-0.2, 0) is 4.74 Å². The van der Waals surface area contributed by atoms with E-state index in [4.69, 9.17) is 4.74 Å². The van der Waals surface area contributed by atoms with Crippen LogP contribution in [0.25, 0.3) is 0 Å². The molecule has 2 aromatic rings. The molecule has 0 aromatic heterocycles. The Bertz CT molecular complexity index is 1380. The summed E-state index contributed by atoms with van der Waals surface area (Å²) in [5, 5.41) is 0. The Morgan fingerprint density at radius 3 is 2.25 bits per heavy atom. The Balaban J connectivity index is 1.29. The van der Waals surface area contributed by atoms with Crippen LogP contribution in [-0.4, -0.2) is 12.1 Å². The summed E-state index contributed by atoms with van der Waals surface area (Å²) in [6, 6.07) is 20.0. The lowest BCUT2D eigenvalue weighted by Gasteiger charge is -2.60. The molecule has 0 radical (unpaired) electrons. The van der Waals surface area contributed by atoms with Crippen molar-refractivity contribution < 1.29 is 9.53 Å². The predicted molar refractivity (Wildman–Crippen MR) is 181 cm³/mol. The minimum absolute atomic E-state index is 0.0340. The van der Waals surface area contributed by atoms with Gasteiger partial charge in [0.1, 0.15) is 6.10 Å². The topological polar surface area (TPSA) is 26.3 Å².